The molecular formula is C20H25N5O. The highest BCUT2D eigenvalue weighted by atomic mass is 16.1. The van der Waals surface area contributed by atoms with Gasteiger partial charge in [0.2, 0.25) is 0 Å². The van der Waals surface area contributed by atoms with Crippen LogP contribution in [0.1, 0.15) is 35.3 Å². The van der Waals surface area contributed by atoms with Crippen molar-refractivity contribution in [2.75, 3.05) is 24.5 Å². The summed E-state index contributed by atoms with van der Waals surface area (Å²) in [6.45, 7) is 2.69. The predicted molar refractivity (Wildman–Crippen MR) is 101 cm³/mol. The number of aryl methyl sites for hydroxylation is 1. The van der Waals surface area contributed by atoms with E-state index in [9.17, 15) is 4.79 Å². The molecule has 2 N–H and O–H groups in total. The van der Waals surface area contributed by atoms with Crippen LogP contribution >= 0.6 is 0 Å². The monoisotopic (exact) mass is 351 g/mol. The summed E-state index contributed by atoms with van der Waals surface area (Å²) in [6.07, 6.45) is 7.68. The van der Waals surface area contributed by atoms with Crippen molar-refractivity contribution in [2.24, 2.45) is 0 Å². The molecule has 1 amide bonds. The lowest BCUT2D eigenvalue weighted by Gasteiger charge is -2.36. The van der Waals surface area contributed by atoms with Crippen LogP contribution in [0.3, 0.4) is 0 Å². The Hall–Kier alpha value is -2.47. The van der Waals surface area contributed by atoms with E-state index >= 15 is 0 Å². The normalized spacial score (nSPS) is 21.6. The molecule has 2 aliphatic rings. The smallest absolute Gasteiger partial charge is 0.252 e. The highest BCUT2D eigenvalue weighted by Crippen LogP contribution is 2.30. The fourth-order valence-electron chi connectivity index (χ4n) is 3.95. The Morgan fingerprint density at radius 3 is 2.69 bits per heavy atom. The van der Waals surface area contributed by atoms with E-state index < -0.39 is 0 Å². The van der Waals surface area contributed by atoms with Crippen LogP contribution in [-0.4, -0.2) is 47.6 Å². The maximum Gasteiger partial charge on any atom is 0.252 e. The second kappa shape index (κ2) is 7.83. The molecule has 0 radical (unpaired) electrons. The summed E-state index contributed by atoms with van der Waals surface area (Å²) >= 11 is 0. The van der Waals surface area contributed by atoms with Gasteiger partial charge in [0, 0.05) is 49.8 Å². The molecule has 0 spiro atoms. The molecule has 2 aromatic heterocycles. The first-order valence-corrected chi connectivity index (χ1v) is 9.44. The zero-order valence-electron chi connectivity index (χ0n) is 14.9. The lowest BCUT2D eigenvalue weighted by atomic mass is 10.2. The van der Waals surface area contributed by atoms with E-state index in [4.69, 9.17) is 0 Å². The number of carbonyl (C=O) groups excluding carboxylic acids is 1. The third kappa shape index (κ3) is 3.70. The van der Waals surface area contributed by atoms with Crippen molar-refractivity contribution in [3.05, 3.63) is 54.0 Å². The van der Waals surface area contributed by atoms with Gasteiger partial charge in [-0.05, 0) is 49.9 Å². The van der Waals surface area contributed by atoms with Gasteiger partial charge in [-0.25, -0.2) is 4.98 Å². The lowest BCUT2D eigenvalue weighted by molar-refractivity contribution is 0.0953. The summed E-state index contributed by atoms with van der Waals surface area (Å²) in [6, 6.07) is 10.8. The minimum Gasteiger partial charge on any atom is -0.352 e. The van der Waals surface area contributed by atoms with Gasteiger partial charge in [-0.15, -0.1) is 0 Å². The molecule has 0 unspecified atom stereocenters. The summed E-state index contributed by atoms with van der Waals surface area (Å²) in [5.41, 5.74) is 1.67. The van der Waals surface area contributed by atoms with E-state index in [1.54, 1.807) is 12.4 Å². The minimum absolute atomic E-state index is 0.0617. The Balaban J connectivity index is 1.28. The van der Waals surface area contributed by atoms with E-state index in [0.29, 0.717) is 24.2 Å². The fraction of sp³-hybridized carbons (Fsp3) is 0.450. The van der Waals surface area contributed by atoms with Gasteiger partial charge < -0.3 is 15.5 Å². The fourth-order valence-corrected chi connectivity index (χ4v) is 3.95. The maximum absolute atomic E-state index is 12.3. The Morgan fingerprint density at radius 1 is 1.15 bits per heavy atom. The number of hydrogen-bond donors (Lipinski definition) is 2. The van der Waals surface area contributed by atoms with E-state index in [-0.39, 0.29) is 5.91 Å². The van der Waals surface area contributed by atoms with Crippen molar-refractivity contribution in [1.29, 1.82) is 0 Å². The molecule has 2 aliphatic heterocycles. The Kier molecular flexibility index (Phi) is 5.11. The molecule has 6 heteroatoms. The molecule has 2 saturated heterocycles. The third-order valence-electron chi connectivity index (χ3n) is 5.28. The van der Waals surface area contributed by atoms with Crippen molar-refractivity contribution in [1.82, 2.24) is 20.6 Å². The van der Waals surface area contributed by atoms with Crippen LogP contribution in [0.25, 0.3) is 0 Å². The van der Waals surface area contributed by atoms with E-state index in [1.807, 2.05) is 30.3 Å². The molecule has 0 aliphatic carbocycles. The molecule has 2 bridgehead atoms. The van der Waals surface area contributed by atoms with Gasteiger partial charge in [0.15, 0.2) is 0 Å². The summed E-state index contributed by atoms with van der Waals surface area (Å²) in [7, 11) is 0. The van der Waals surface area contributed by atoms with Gasteiger partial charge in [0.25, 0.3) is 5.91 Å². The molecule has 0 aromatic carbocycles. The van der Waals surface area contributed by atoms with Gasteiger partial charge in [0.05, 0.1) is 5.56 Å². The standard InChI is InChI=1S/C20H25N5O/c26-20(23-11-3-5-16-4-1-2-10-22-16)15-6-9-19(24-12-15)25-17-7-8-18(25)14-21-13-17/h1-2,4,6,9-10,12,17-18,21H,3,5,7-8,11,13-14H2,(H,23,26)/t17-,18+. The second-order valence-corrected chi connectivity index (χ2v) is 7.04. The molecule has 0 saturated carbocycles. The largest absolute Gasteiger partial charge is 0.352 e. The maximum atomic E-state index is 12.3. The SMILES string of the molecule is O=C(NCCCc1ccccn1)c1ccc(N2[C@@H]3CC[C@H]2CNC3)nc1. The highest BCUT2D eigenvalue weighted by molar-refractivity contribution is 5.94. The van der Waals surface area contributed by atoms with Crippen molar-refractivity contribution in [2.45, 2.75) is 37.8 Å². The average Bonchev–Trinajstić information content (AvgIpc) is 2.94. The molecule has 6 nitrogen and oxygen atoms in total. The number of carbonyl (C=O) groups is 1. The van der Waals surface area contributed by atoms with Gasteiger partial charge in [0.1, 0.15) is 5.82 Å². The number of aromatic nitrogens is 2. The molecule has 2 aromatic rings. The van der Waals surface area contributed by atoms with Crippen LogP contribution in [0.5, 0.6) is 0 Å². The van der Waals surface area contributed by atoms with Gasteiger partial charge in [-0.3, -0.25) is 9.78 Å². The number of nitrogens with zero attached hydrogens (tertiary/aromatic N) is 3. The molecule has 26 heavy (non-hydrogen) atoms. The van der Waals surface area contributed by atoms with Crippen LogP contribution < -0.4 is 15.5 Å². The van der Waals surface area contributed by atoms with Crippen LogP contribution in [0.4, 0.5) is 5.82 Å². The van der Waals surface area contributed by atoms with E-state index in [0.717, 1.165) is 37.4 Å². The molecule has 136 valence electrons. The summed E-state index contributed by atoms with van der Waals surface area (Å²) in [4.78, 5) is 23.6. The number of rotatable bonds is 6. The zero-order valence-corrected chi connectivity index (χ0v) is 14.9. The van der Waals surface area contributed by atoms with Crippen molar-refractivity contribution < 1.29 is 4.79 Å². The van der Waals surface area contributed by atoms with Crippen molar-refractivity contribution in [3.63, 3.8) is 0 Å². The lowest BCUT2D eigenvalue weighted by Crippen LogP contribution is -2.52. The number of fused-ring (bicyclic) bond motifs is 2. The first-order chi connectivity index (χ1) is 12.8. The number of pyridine rings is 2. The summed E-state index contributed by atoms with van der Waals surface area (Å²) in [5.74, 6) is 0.930. The van der Waals surface area contributed by atoms with Gasteiger partial charge in [-0.1, -0.05) is 6.07 Å². The van der Waals surface area contributed by atoms with Gasteiger partial charge in [-0.2, -0.15) is 0 Å². The molecular weight excluding hydrogens is 326 g/mol. The summed E-state index contributed by atoms with van der Waals surface area (Å²) < 4.78 is 0. The predicted octanol–water partition coefficient (Wildman–Crippen LogP) is 1.78. The molecule has 2 atom stereocenters. The number of piperazine rings is 1. The van der Waals surface area contributed by atoms with E-state index in [2.05, 4.69) is 25.5 Å². The van der Waals surface area contributed by atoms with Crippen LogP contribution in [0, 0.1) is 0 Å². The van der Waals surface area contributed by atoms with Gasteiger partial charge >= 0.3 is 0 Å². The second-order valence-electron chi connectivity index (χ2n) is 7.04. The number of nitrogens with one attached hydrogen (secondary N) is 2. The highest BCUT2D eigenvalue weighted by Gasteiger charge is 2.37. The first-order valence-electron chi connectivity index (χ1n) is 9.44. The number of amides is 1. The Labute approximate surface area is 154 Å². The summed E-state index contributed by atoms with van der Waals surface area (Å²) in [5, 5.41) is 6.45. The molecule has 2 fully saturated rings. The third-order valence-corrected chi connectivity index (χ3v) is 5.28. The minimum atomic E-state index is -0.0617. The Bertz CT molecular complexity index is 718. The Morgan fingerprint density at radius 2 is 2.00 bits per heavy atom. The number of anilines is 1. The topological polar surface area (TPSA) is 70.2 Å². The van der Waals surface area contributed by atoms with Crippen LogP contribution in [-0.2, 0) is 6.42 Å². The van der Waals surface area contributed by atoms with Crippen molar-refractivity contribution in [3.8, 4) is 0 Å². The van der Waals surface area contributed by atoms with Crippen molar-refractivity contribution >= 4 is 11.7 Å². The van der Waals surface area contributed by atoms with E-state index in [1.165, 1.54) is 12.8 Å². The zero-order chi connectivity index (χ0) is 17.8. The quantitative estimate of drug-likeness (QED) is 0.777. The number of hydrogen-bond acceptors (Lipinski definition) is 5. The van der Waals surface area contributed by atoms with Crippen LogP contribution in [0.2, 0.25) is 0 Å². The molecule has 4 rings (SSSR count). The first kappa shape index (κ1) is 17.0. The van der Waals surface area contributed by atoms with Crippen LogP contribution in [0.15, 0.2) is 42.7 Å². The molecule has 4 heterocycles. The average molecular weight is 351 g/mol.